The average Bonchev–Trinajstić information content (AvgIpc) is 2.30. The standard InChI is InChI=1S/C12H23O2PS2/c13-15(14,16-11-7-3-1-4-8-11)17-12-9-5-2-6-10-12/h11-12H,1-10H2,(H,13,14). The lowest BCUT2D eigenvalue weighted by Gasteiger charge is -2.26. The molecule has 0 bridgehead atoms. The Morgan fingerprint density at radius 2 is 1.12 bits per heavy atom. The van der Waals surface area contributed by atoms with Crippen LogP contribution in [0.3, 0.4) is 0 Å². The highest BCUT2D eigenvalue weighted by Gasteiger charge is 2.30. The smallest absolute Gasteiger partial charge is 0.311 e. The van der Waals surface area contributed by atoms with Crippen molar-refractivity contribution in [1.82, 2.24) is 0 Å². The van der Waals surface area contributed by atoms with Crippen molar-refractivity contribution in [2.45, 2.75) is 74.7 Å². The first-order valence-corrected chi connectivity index (χ1v) is 11.5. The molecule has 2 nitrogen and oxygen atoms in total. The predicted molar refractivity (Wildman–Crippen MR) is 78.8 cm³/mol. The van der Waals surface area contributed by atoms with Crippen LogP contribution in [0, 0.1) is 0 Å². The summed E-state index contributed by atoms with van der Waals surface area (Å²) in [6.07, 6.45) is 12.1. The molecule has 2 saturated carbocycles. The van der Waals surface area contributed by atoms with Gasteiger partial charge in [-0.15, -0.1) is 0 Å². The number of hydrogen-bond acceptors (Lipinski definition) is 3. The van der Waals surface area contributed by atoms with Gasteiger partial charge in [0.05, 0.1) is 0 Å². The van der Waals surface area contributed by atoms with Crippen LogP contribution in [-0.4, -0.2) is 15.4 Å². The van der Waals surface area contributed by atoms with E-state index in [1.165, 1.54) is 61.3 Å². The van der Waals surface area contributed by atoms with Gasteiger partial charge in [0.1, 0.15) is 0 Å². The lowest BCUT2D eigenvalue weighted by atomic mass is 10.0. The van der Waals surface area contributed by atoms with E-state index in [2.05, 4.69) is 0 Å². The Morgan fingerprint density at radius 1 is 0.765 bits per heavy atom. The van der Waals surface area contributed by atoms with Crippen molar-refractivity contribution in [2.75, 3.05) is 0 Å². The molecule has 0 saturated heterocycles. The fourth-order valence-electron chi connectivity index (χ4n) is 2.74. The number of rotatable bonds is 4. The zero-order valence-electron chi connectivity index (χ0n) is 10.3. The van der Waals surface area contributed by atoms with E-state index in [1.54, 1.807) is 0 Å². The van der Waals surface area contributed by atoms with Gasteiger partial charge in [-0.25, -0.2) is 0 Å². The van der Waals surface area contributed by atoms with Crippen molar-refractivity contribution in [3.8, 4) is 0 Å². The van der Waals surface area contributed by atoms with E-state index >= 15 is 0 Å². The molecule has 100 valence electrons. The Bertz CT molecular complexity index is 250. The van der Waals surface area contributed by atoms with Crippen LogP contribution < -0.4 is 0 Å². The summed E-state index contributed by atoms with van der Waals surface area (Å²) in [6.45, 7) is 0. The summed E-state index contributed by atoms with van der Waals surface area (Å²) in [4.78, 5) is 10.1. The Kier molecular flexibility index (Phi) is 5.79. The Balaban J connectivity index is 1.78. The van der Waals surface area contributed by atoms with Crippen LogP contribution in [0.5, 0.6) is 0 Å². The van der Waals surface area contributed by atoms with Crippen LogP contribution in [0.1, 0.15) is 64.2 Å². The van der Waals surface area contributed by atoms with E-state index in [9.17, 15) is 9.46 Å². The molecule has 0 atom stereocenters. The zero-order chi connectivity index (χ0) is 12.1. The molecule has 2 fully saturated rings. The van der Waals surface area contributed by atoms with Crippen molar-refractivity contribution in [2.24, 2.45) is 0 Å². The highest BCUT2D eigenvalue weighted by molar-refractivity contribution is 8.89. The largest absolute Gasteiger partial charge is 0.329 e. The summed E-state index contributed by atoms with van der Waals surface area (Å²) >= 11 is 2.78. The first-order valence-electron chi connectivity index (χ1n) is 6.85. The maximum absolute atomic E-state index is 12.2. The minimum atomic E-state index is -3.00. The average molecular weight is 294 g/mol. The van der Waals surface area contributed by atoms with Gasteiger partial charge in [0.15, 0.2) is 0 Å². The van der Waals surface area contributed by atoms with Gasteiger partial charge in [-0.05, 0) is 25.7 Å². The number of hydrogen-bond donors (Lipinski definition) is 1. The molecule has 2 rings (SSSR count). The molecule has 0 aromatic carbocycles. The minimum Gasteiger partial charge on any atom is -0.329 e. The molecule has 0 spiro atoms. The van der Waals surface area contributed by atoms with Gasteiger partial charge in [0.25, 0.3) is 0 Å². The van der Waals surface area contributed by atoms with Crippen molar-refractivity contribution >= 4 is 28.5 Å². The minimum absolute atomic E-state index is 0.440. The molecule has 0 radical (unpaired) electrons. The molecule has 2 aliphatic carbocycles. The topological polar surface area (TPSA) is 37.3 Å². The van der Waals surface area contributed by atoms with Crippen LogP contribution in [0.15, 0.2) is 0 Å². The highest BCUT2D eigenvalue weighted by atomic mass is 33.1. The van der Waals surface area contributed by atoms with Crippen molar-refractivity contribution in [3.05, 3.63) is 0 Å². The summed E-state index contributed by atoms with van der Waals surface area (Å²) in [6, 6.07) is 0. The van der Waals surface area contributed by atoms with E-state index < -0.39 is 5.77 Å². The molecule has 0 aromatic heterocycles. The SMILES string of the molecule is O=P(O)(SC1CCCCC1)SC1CCCCC1. The molecule has 0 aromatic rings. The third-order valence-electron chi connectivity index (χ3n) is 3.67. The highest BCUT2D eigenvalue weighted by Crippen LogP contribution is 2.70. The summed E-state index contributed by atoms with van der Waals surface area (Å²) in [5.41, 5.74) is 0. The third-order valence-corrected chi connectivity index (χ3v) is 10.7. The fourth-order valence-corrected chi connectivity index (χ4v) is 10.9. The van der Waals surface area contributed by atoms with Crippen LogP contribution in [-0.2, 0) is 4.57 Å². The lowest BCUT2D eigenvalue weighted by molar-refractivity contribution is 0.501. The summed E-state index contributed by atoms with van der Waals surface area (Å²) < 4.78 is 12.2. The lowest BCUT2D eigenvalue weighted by Crippen LogP contribution is -2.09. The quantitative estimate of drug-likeness (QED) is 0.721. The molecular weight excluding hydrogens is 271 g/mol. The molecule has 2 aliphatic rings. The predicted octanol–water partition coefficient (Wildman–Crippen LogP) is 5.22. The van der Waals surface area contributed by atoms with Crippen LogP contribution in [0.25, 0.3) is 0 Å². The summed E-state index contributed by atoms with van der Waals surface area (Å²) in [5, 5.41) is 0.881. The van der Waals surface area contributed by atoms with E-state index in [1.807, 2.05) is 0 Å². The van der Waals surface area contributed by atoms with E-state index in [4.69, 9.17) is 0 Å². The summed E-state index contributed by atoms with van der Waals surface area (Å²) in [7, 11) is 0. The van der Waals surface area contributed by atoms with E-state index in [0.717, 1.165) is 25.7 Å². The van der Waals surface area contributed by atoms with Gasteiger partial charge in [-0.2, -0.15) is 0 Å². The zero-order valence-corrected chi connectivity index (χ0v) is 12.9. The van der Waals surface area contributed by atoms with Gasteiger partial charge < -0.3 is 4.89 Å². The maximum atomic E-state index is 12.2. The Morgan fingerprint density at radius 3 is 1.47 bits per heavy atom. The van der Waals surface area contributed by atoms with Gasteiger partial charge in [0, 0.05) is 10.5 Å². The molecular formula is C12H23O2PS2. The second-order valence-electron chi connectivity index (χ2n) is 5.20. The van der Waals surface area contributed by atoms with Crippen molar-refractivity contribution < 1.29 is 9.46 Å². The Labute approximate surface area is 113 Å². The van der Waals surface area contributed by atoms with Gasteiger partial charge in [0.2, 0.25) is 0 Å². The van der Waals surface area contributed by atoms with E-state index in [0.29, 0.717) is 10.5 Å². The van der Waals surface area contributed by atoms with Crippen molar-refractivity contribution in [1.29, 1.82) is 0 Å². The van der Waals surface area contributed by atoms with Gasteiger partial charge in [-0.3, -0.25) is 4.57 Å². The first-order chi connectivity index (χ1) is 8.16. The molecule has 1 N–H and O–H groups in total. The second kappa shape index (κ2) is 6.88. The molecule has 0 aliphatic heterocycles. The van der Waals surface area contributed by atoms with Gasteiger partial charge >= 0.3 is 5.77 Å². The first kappa shape index (κ1) is 14.3. The molecule has 0 heterocycles. The molecule has 0 unspecified atom stereocenters. The summed E-state index contributed by atoms with van der Waals surface area (Å²) in [5.74, 6) is -3.00. The van der Waals surface area contributed by atoms with Crippen LogP contribution in [0.4, 0.5) is 0 Å². The second-order valence-corrected chi connectivity index (χ2v) is 12.8. The maximum Gasteiger partial charge on any atom is 0.311 e. The van der Waals surface area contributed by atoms with Crippen LogP contribution in [0.2, 0.25) is 0 Å². The van der Waals surface area contributed by atoms with Crippen LogP contribution >= 0.6 is 28.5 Å². The third kappa shape index (κ3) is 5.18. The van der Waals surface area contributed by atoms with E-state index in [-0.39, 0.29) is 0 Å². The fraction of sp³-hybridized carbons (Fsp3) is 1.00. The van der Waals surface area contributed by atoms with Crippen molar-refractivity contribution in [3.63, 3.8) is 0 Å². The molecule has 17 heavy (non-hydrogen) atoms. The monoisotopic (exact) mass is 294 g/mol. The molecule has 0 amide bonds. The normalized spacial score (nSPS) is 25.0. The Hall–Kier alpha value is 0.890. The molecule has 5 heteroatoms. The van der Waals surface area contributed by atoms with Gasteiger partial charge in [-0.1, -0.05) is 61.3 Å².